The molecule has 13 heteroatoms. The summed E-state index contributed by atoms with van der Waals surface area (Å²) in [5, 5.41) is 3.80. The molecule has 0 spiro atoms. The molecule has 1 aliphatic heterocycles. The Morgan fingerprint density at radius 1 is 0.907 bits per heavy atom. The van der Waals surface area contributed by atoms with Crippen LogP contribution in [0.1, 0.15) is 54.6 Å². The minimum atomic E-state index is -0.672. The lowest BCUT2D eigenvalue weighted by atomic mass is 10.00. The number of esters is 1. The Labute approximate surface area is 268 Å². The Morgan fingerprint density at radius 2 is 1.53 bits per heavy atom. The van der Waals surface area contributed by atoms with Gasteiger partial charge in [0.15, 0.2) is 21.2 Å². The minimum Gasteiger partial charge on any atom is -0.466 e. The smallest absolute Gasteiger partial charge is 0.305 e. The zero-order valence-electron chi connectivity index (χ0n) is 23.0. The van der Waals surface area contributed by atoms with Crippen LogP contribution in [0.2, 0.25) is 20.6 Å². The van der Waals surface area contributed by atoms with Crippen molar-refractivity contribution in [2.75, 3.05) is 6.61 Å². The standard InChI is InChI=1S/C16H16Cl2N2O3.C14H11Cl2N3O/c1-2-23-13(21)9-8-12(20-10-19-15(17)16(20)18)14(22)11-6-4-3-5-7-11;15-13-14(16)19(8-17-13)10-6-7-11(20)18-12(10)9-4-2-1-3-5-9/h3-7,10,12H,2,8-9H2,1H3;1-5,8H,6-7H2,(H,18,20). The van der Waals surface area contributed by atoms with E-state index >= 15 is 0 Å². The second-order valence-electron chi connectivity index (χ2n) is 9.26. The van der Waals surface area contributed by atoms with Crippen molar-refractivity contribution in [2.45, 2.75) is 38.6 Å². The first-order valence-electron chi connectivity index (χ1n) is 13.3. The molecule has 2 aromatic carbocycles. The monoisotopic (exact) mass is 661 g/mol. The molecule has 1 unspecified atom stereocenters. The van der Waals surface area contributed by atoms with Crippen LogP contribution in [0.15, 0.2) is 73.3 Å². The van der Waals surface area contributed by atoms with Crippen molar-refractivity contribution >= 4 is 75.5 Å². The molecule has 0 aliphatic carbocycles. The number of ketones is 1. The van der Waals surface area contributed by atoms with E-state index in [2.05, 4.69) is 15.3 Å². The molecule has 1 atom stereocenters. The van der Waals surface area contributed by atoms with E-state index in [9.17, 15) is 14.4 Å². The highest BCUT2D eigenvalue weighted by molar-refractivity contribution is 6.41. The molecule has 0 saturated heterocycles. The van der Waals surface area contributed by atoms with Gasteiger partial charge in [0.05, 0.1) is 24.7 Å². The van der Waals surface area contributed by atoms with Crippen LogP contribution >= 0.6 is 46.4 Å². The van der Waals surface area contributed by atoms with Crippen LogP contribution in [-0.4, -0.2) is 43.4 Å². The fourth-order valence-corrected chi connectivity index (χ4v) is 5.12. The van der Waals surface area contributed by atoms with Gasteiger partial charge in [-0.3, -0.25) is 19.0 Å². The van der Waals surface area contributed by atoms with E-state index < -0.39 is 6.04 Å². The lowest BCUT2D eigenvalue weighted by Crippen LogP contribution is -2.28. The Hall–Kier alpha value is -3.63. The lowest BCUT2D eigenvalue weighted by molar-refractivity contribution is -0.143. The molecule has 2 aromatic heterocycles. The van der Waals surface area contributed by atoms with Gasteiger partial charge in [-0.1, -0.05) is 107 Å². The van der Waals surface area contributed by atoms with Gasteiger partial charge in [-0.05, 0) is 25.3 Å². The lowest BCUT2D eigenvalue weighted by Gasteiger charge is -2.22. The molecule has 9 nitrogen and oxygen atoms in total. The van der Waals surface area contributed by atoms with Gasteiger partial charge in [0.25, 0.3) is 0 Å². The van der Waals surface area contributed by atoms with E-state index in [0.717, 1.165) is 17.0 Å². The fourth-order valence-electron chi connectivity index (χ4n) is 4.44. The SMILES string of the molecule is CCOC(=O)CCC(C(=O)c1ccccc1)n1cnc(Cl)c1Cl.O=C1CCC(n2cnc(Cl)c2Cl)=C(c2ccccc2)N1. The second kappa shape index (κ2) is 15.2. The Morgan fingerprint density at radius 3 is 2.12 bits per heavy atom. The van der Waals surface area contributed by atoms with Gasteiger partial charge in [0.1, 0.15) is 11.5 Å². The molecule has 3 heterocycles. The van der Waals surface area contributed by atoms with Crippen LogP contribution in [0.5, 0.6) is 0 Å². The van der Waals surface area contributed by atoms with E-state index in [4.69, 9.17) is 51.1 Å². The van der Waals surface area contributed by atoms with Gasteiger partial charge >= 0.3 is 5.97 Å². The van der Waals surface area contributed by atoms with Crippen molar-refractivity contribution in [3.8, 4) is 0 Å². The van der Waals surface area contributed by atoms with E-state index in [1.807, 2.05) is 36.4 Å². The fraction of sp³-hybridized carbons (Fsp3) is 0.233. The highest BCUT2D eigenvalue weighted by Crippen LogP contribution is 2.32. The maximum atomic E-state index is 12.8. The molecule has 5 rings (SSSR count). The number of allylic oxidation sites excluding steroid dienone is 1. The molecular formula is C30H27Cl4N5O4. The number of amides is 1. The maximum absolute atomic E-state index is 12.8. The Bertz CT molecular complexity index is 1620. The Balaban J connectivity index is 0.000000198. The van der Waals surface area contributed by atoms with Crippen LogP contribution in [0.4, 0.5) is 0 Å². The number of hydrogen-bond acceptors (Lipinski definition) is 6. The average Bonchev–Trinajstić information content (AvgIpc) is 3.53. The quantitative estimate of drug-likeness (QED) is 0.148. The van der Waals surface area contributed by atoms with Gasteiger partial charge in [-0.2, -0.15) is 0 Å². The van der Waals surface area contributed by atoms with Crippen LogP contribution in [0.3, 0.4) is 0 Å². The number of imidazole rings is 2. The molecular weight excluding hydrogens is 636 g/mol. The summed E-state index contributed by atoms with van der Waals surface area (Å²) in [5.74, 6) is -0.526. The average molecular weight is 663 g/mol. The van der Waals surface area contributed by atoms with Crippen molar-refractivity contribution in [3.05, 3.63) is 105 Å². The van der Waals surface area contributed by atoms with Crippen molar-refractivity contribution in [2.24, 2.45) is 0 Å². The van der Waals surface area contributed by atoms with Crippen LogP contribution in [0, 0.1) is 0 Å². The highest BCUT2D eigenvalue weighted by atomic mass is 35.5. The summed E-state index contributed by atoms with van der Waals surface area (Å²) in [6.45, 7) is 2.03. The third kappa shape index (κ3) is 8.06. The molecule has 1 amide bonds. The Kier molecular flexibility index (Phi) is 11.4. The third-order valence-electron chi connectivity index (χ3n) is 6.48. The topological polar surface area (TPSA) is 108 Å². The number of benzene rings is 2. The number of halogens is 4. The van der Waals surface area contributed by atoms with Gasteiger partial charge in [0, 0.05) is 24.1 Å². The van der Waals surface area contributed by atoms with Crippen molar-refractivity contribution in [3.63, 3.8) is 0 Å². The number of rotatable bonds is 9. The zero-order chi connectivity index (χ0) is 30.9. The van der Waals surface area contributed by atoms with Crippen molar-refractivity contribution in [1.82, 2.24) is 24.4 Å². The molecule has 0 radical (unpaired) electrons. The van der Waals surface area contributed by atoms with Crippen LogP contribution < -0.4 is 5.32 Å². The number of hydrogen-bond donors (Lipinski definition) is 1. The number of aromatic nitrogens is 4. The highest BCUT2D eigenvalue weighted by Gasteiger charge is 2.26. The van der Waals surface area contributed by atoms with E-state index in [0.29, 0.717) is 30.2 Å². The third-order valence-corrected chi connectivity index (χ3v) is 7.96. The summed E-state index contributed by atoms with van der Waals surface area (Å²) in [6.07, 6.45) is 4.32. The molecule has 224 valence electrons. The summed E-state index contributed by atoms with van der Waals surface area (Å²) >= 11 is 24.0. The normalized spacial score (nSPS) is 13.6. The minimum absolute atomic E-state index is 0.00469. The molecule has 1 aliphatic rings. The summed E-state index contributed by atoms with van der Waals surface area (Å²) in [4.78, 5) is 44.0. The van der Waals surface area contributed by atoms with Gasteiger partial charge in [0.2, 0.25) is 5.91 Å². The molecule has 43 heavy (non-hydrogen) atoms. The zero-order valence-corrected chi connectivity index (χ0v) is 26.0. The summed E-state index contributed by atoms with van der Waals surface area (Å²) in [5.41, 5.74) is 3.09. The first-order valence-corrected chi connectivity index (χ1v) is 14.8. The predicted molar refractivity (Wildman–Crippen MR) is 167 cm³/mol. The number of ether oxygens (including phenoxy) is 1. The summed E-state index contributed by atoms with van der Waals surface area (Å²) < 4.78 is 8.11. The molecule has 0 fully saturated rings. The molecule has 0 saturated carbocycles. The van der Waals surface area contributed by atoms with E-state index in [1.54, 1.807) is 42.1 Å². The first-order chi connectivity index (χ1) is 20.7. The van der Waals surface area contributed by atoms with Crippen LogP contribution in [-0.2, 0) is 14.3 Å². The summed E-state index contributed by atoms with van der Waals surface area (Å²) in [6, 6.07) is 17.8. The second-order valence-corrected chi connectivity index (χ2v) is 10.7. The van der Waals surface area contributed by atoms with Gasteiger partial charge < -0.3 is 14.6 Å². The largest absolute Gasteiger partial charge is 0.466 e. The number of nitrogens with zero attached hydrogens (tertiary/aromatic N) is 4. The number of carbonyl (C=O) groups is 3. The van der Waals surface area contributed by atoms with E-state index in [-0.39, 0.29) is 46.0 Å². The number of Topliss-reactive ketones (excluding diaryl/α,β-unsaturated/α-hetero) is 1. The van der Waals surface area contributed by atoms with E-state index in [1.165, 1.54) is 10.9 Å². The number of nitrogens with one attached hydrogen (secondary N) is 1. The predicted octanol–water partition coefficient (Wildman–Crippen LogP) is 7.38. The van der Waals surface area contributed by atoms with Crippen molar-refractivity contribution < 1.29 is 19.1 Å². The molecule has 4 aromatic rings. The molecule has 0 bridgehead atoms. The van der Waals surface area contributed by atoms with Crippen LogP contribution in [0.25, 0.3) is 11.4 Å². The maximum Gasteiger partial charge on any atom is 0.305 e. The van der Waals surface area contributed by atoms with Gasteiger partial charge in [-0.15, -0.1) is 0 Å². The van der Waals surface area contributed by atoms with Crippen molar-refractivity contribution in [1.29, 1.82) is 0 Å². The number of carbonyl (C=O) groups excluding carboxylic acids is 3. The first kappa shape index (κ1) is 32.3. The molecule has 1 N–H and O–H groups in total. The van der Waals surface area contributed by atoms with Gasteiger partial charge in [-0.25, -0.2) is 9.97 Å². The summed E-state index contributed by atoms with van der Waals surface area (Å²) in [7, 11) is 0.